The van der Waals surface area contributed by atoms with Crippen LogP contribution in [0.2, 0.25) is 5.02 Å². The van der Waals surface area contributed by atoms with Gasteiger partial charge in [0.05, 0.1) is 7.11 Å². The van der Waals surface area contributed by atoms with Crippen LogP contribution in [0.3, 0.4) is 0 Å². The Balaban J connectivity index is 1.80. The minimum absolute atomic E-state index is 0.244. The lowest BCUT2D eigenvalue weighted by atomic mass is 10.2. The molecule has 3 aromatic rings. The molecule has 0 aliphatic heterocycles. The molecule has 3 rings (SSSR count). The van der Waals surface area contributed by atoms with E-state index in [9.17, 15) is 9.59 Å². The minimum atomic E-state index is -0.544. The zero-order valence-corrected chi connectivity index (χ0v) is 14.3. The quantitative estimate of drug-likeness (QED) is 0.509. The number of carbonyl (C=O) groups excluding carboxylic acids is 1. The summed E-state index contributed by atoms with van der Waals surface area (Å²) in [6.07, 6.45) is 0. The van der Waals surface area contributed by atoms with Crippen LogP contribution >= 0.6 is 23.4 Å². The van der Waals surface area contributed by atoms with Crippen molar-refractivity contribution >= 4 is 35.0 Å². The number of fused-ring (bicyclic) bond motifs is 1. The molecule has 0 aliphatic rings. The van der Waals surface area contributed by atoms with Crippen molar-refractivity contribution in [3.8, 4) is 0 Å². The summed E-state index contributed by atoms with van der Waals surface area (Å²) in [5.41, 5.74) is 0.990. The van der Waals surface area contributed by atoms with Crippen molar-refractivity contribution in [2.45, 2.75) is 17.3 Å². The molecule has 0 amide bonds. The Labute approximate surface area is 146 Å². The van der Waals surface area contributed by atoms with Gasteiger partial charge in [-0.1, -0.05) is 35.5 Å². The first-order chi connectivity index (χ1) is 11.6. The molecule has 2 heterocycles. The van der Waals surface area contributed by atoms with Crippen LogP contribution in [0.15, 0.2) is 46.2 Å². The van der Waals surface area contributed by atoms with Crippen molar-refractivity contribution in [1.82, 2.24) is 19.4 Å². The van der Waals surface area contributed by atoms with E-state index in [4.69, 9.17) is 11.6 Å². The maximum absolute atomic E-state index is 12.2. The van der Waals surface area contributed by atoms with Gasteiger partial charge in [0.1, 0.15) is 11.6 Å². The molecule has 0 saturated carbocycles. The Morgan fingerprint density at radius 3 is 2.67 bits per heavy atom. The van der Waals surface area contributed by atoms with Gasteiger partial charge in [0, 0.05) is 10.8 Å². The fraction of sp³-hybridized carbons (Fsp3) is 0.200. The van der Waals surface area contributed by atoms with E-state index in [2.05, 4.69) is 14.9 Å². The molecule has 0 bridgehead atoms. The van der Waals surface area contributed by atoms with Crippen LogP contribution in [0.1, 0.15) is 5.56 Å². The third kappa shape index (κ3) is 3.60. The summed E-state index contributed by atoms with van der Waals surface area (Å²) in [7, 11) is 1.26. The molecule has 0 radical (unpaired) electrons. The topological polar surface area (TPSA) is 78.5 Å². The molecule has 0 atom stereocenters. The van der Waals surface area contributed by atoms with Gasteiger partial charge in [-0.3, -0.25) is 4.79 Å². The Hall–Kier alpha value is -2.32. The van der Waals surface area contributed by atoms with Crippen molar-refractivity contribution in [1.29, 1.82) is 0 Å². The summed E-state index contributed by atoms with van der Waals surface area (Å²) in [5, 5.41) is 9.68. The van der Waals surface area contributed by atoms with Gasteiger partial charge >= 0.3 is 11.7 Å². The first-order valence-electron chi connectivity index (χ1n) is 6.98. The van der Waals surface area contributed by atoms with E-state index < -0.39 is 11.7 Å². The van der Waals surface area contributed by atoms with Crippen molar-refractivity contribution in [2.75, 3.05) is 7.11 Å². The molecule has 7 nitrogen and oxygen atoms in total. The number of ether oxygens (including phenoxy) is 1. The number of carbonyl (C=O) groups is 1. The number of hydrogen-bond donors (Lipinski definition) is 0. The second-order valence-corrected chi connectivity index (χ2v) is 6.31. The van der Waals surface area contributed by atoms with E-state index in [1.165, 1.54) is 23.4 Å². The van der Waals surface area contributed by atoms with Crippen molar-refractivity contribution in [2.24, 2.45) is 0 Å². The molecule has 0 fully saturated rings. The molecule has 9 heteroatoms. The second-order valence-electron chi connectivity index (χ2n) is 4.87. The summed E-state index contributed by atoms with van der Waals surface area (Å²) in [4.78, 5) is 23.5. The van der Waals surface area contributed by atoms with Crippen LogP contribution in [0.4, 0.5) is 0 Å². The molecule has 2 aromatic heterocycles. The van der Waals surface area contributed by atoms with E-state index in [1.807, 2.05) is 24.3 Å². The number of esters is 1. The third-order valence-electron chi connectivity index (χ3n) is 3.22. The van der Waals surface area contributed by atoms with E-state index in [0.717, 1.165) is 10.2 Å². The van der Waals surface area contributed by atoms with Gasteiger partial charge in [-0.15, -0.1) is 5.10 Å². The highest BCUT2D eigenvalue weighted by atomic mass is 35.5. The molecular formula is C15H13ClN4O3S. The van der Waals surface area contributed by atoms with E-state index in [1.54, 1.807) is 12.1 Å². The number of halogens is 1. The summed E-state index contributed by atoms with van der Waals surface area (Å²) in [5.74, 6) is 0.151. The lowest BCUT2D eigenvalue weighted by Gasteiger charge is -2.01. The first kappa shape index (κ1) is 16.5. The molecule has 24 heavy (non-hydrogen) atoms. The number of benzene rings is 1. The number of nitrogens with zero attached hydrogens (tertiary/aromatic N) is 4. The van der Waals surface area contributed by atoms with Gasteiger partial charge in [-0.2, -0.15) is 14.3 Å². The predicted octanol–water partition coefficient (Wildman–Crippen LogP) is 2.01. The molecule has 0 unspecified atom stereocenters. The Bertz CT molecular complexity index is 936. The van der Waals surface area contributed by atoms with Gasteiger partial charge in [-0.25, -0.2) is 4.79 Å². The Morgan fingerprint density at radius 1 is 1.21 bits per heavy atom. The molecule has 0 aliphatic carbocycles. The number of aromatic nitrogens is 4. The normalized spacial score (nSPS) is 10.9. The molecule has 124 valence electrons. The molecule has 0 N–H and O–H groups in total. The monoisotopic (exact) mass is 364 g/mol. The SMILES string of the molecule is COC(=O)Cn1nc2ccc(SCc3ccc(Cl)cc3)nn2c1=O. The average Bonchev–Trinajstić information content (AvgIpc) is 2.90. The van der Waals surface area contributed by atoms with E-state index in [0.29, 0.717) is 21.4 Å². The first-order valence-corrected chi connectivity index (χ1v) is 8.34. The molecular weight excluding hydrogens is 352 g/mol. The Kier molecular flexibility index (Phi) is 4.86. The largest absolute Gasteiger partial charge is 0.468 e. The lowest BCUT2D eigenvalue weighted by molar-refractivity contribution is -0.141. The zero-order chi connectivity index (χ0) is 17.1. The summed E-state index contributed by atoms with van der Waals surface area (Å²) >= 11 is 7.35. The summed E-state index contributed by atoms with van der Waals surface area (Å²) in [6.45, 7) is -0.244. The highest BCUT2D eigenvalue weighted by Gasteiger charge is 2.12. The Morgan fingerprint density at radius 2 is 1.96 bits per heavy atom. The number of hydrogen-bond acceptors (Lipinski definition) is 6. The zero-order valence-electron chi connectivity index (χ0n) is 12.7. The standard InChI is InChI=1S/C15H13ClN4O3S/c1-23-14(21)8-19-15(22)20-12(17-19)6-7-13(18-20)24-9-10-2-4-11(16)5-3-10/h2-7H,8-9H2,1H3. The lowest BCUT2D eigenvalue weighted by Crippen LogP contribution is -2.26. The fourth-order valence-corrected chi connectivity index (χ4v) is 2.93. The molecule has 1 aromatic carbocycles. The van der Waals surface area contributed by atoms with Crippen molar-refractivity contribution in [3.63, 3.8) is 0 Å². The van der Waals surface area contributed by atoms with Crippen LogP contribution in [-0.2, 0) is 21.8 Å². The number of methoxy groups -OCH3 is 1. The number of thioether (sulfide) groups is 1. The van der Waals surface area contributed by atoms with E-state index >= 15 is 0 Å². The summed E-state index contributed by atoms with van der Waals surface area (Å²) < 4.78 is 6.75. The molecule has 0 saturated heterocycles. The average molecular weight is 365 g/mol. The fourth-order valence-electron chi connectivity index (χ4n) is 2.00. The van der Waals surface area contributed by atoms with Crippen molar-refractivity contribution < 1.29 is 9.53 Å². The number of rotatable bonds is 5. The van der Waals surface area contributed by atoms with Crippen LogP contribution in [0.25, 0.3) is 5.65 Å². The third-order valence-corrected chi connectivity index (χ3v) is 4.47. The van der Waals surface area contributed by atoms with Crippen LogP contribution in [-0.4, -0.2) is 32.5 Å². The van der Waals surface area contributed by atoms with Crippen LogP contribution < -0.4 is 5.69 Å². The minimum Gasteiger partial charge on any atom is -0.468 e. The van der Waals surface area contributed by atoms with Gasteiger partial charge in [0.25, 0.3) is 0 Å². The smallest absolute Gasteiger partial charge is 0.367 e. The maximum Gasteiger partial charge on any atom is 0.367 e. The van der Waals surface area contributed by atoms with Crippen LogP contribution in [0.5, 0.6) is 0 Å². The molecule has 0 spiro atoms. The van der Waals surface area contributed by atoms with Gasteiger partial charge in [0.15, 0.2) is 5.65 Å². The summed E-state index contributed by atoms with van der Waals surface area (Å²) in [6, 6.07) is 11.0. The van der Waals surface area contributed by atoms with Gasteiger partial charge in [0.2, 0.25) is 0 Å². The second kappa shape index (κ2) is 7.06. The van der Waals surface area contributed by atoms with Gasteiger partial charge < -0.3 is 4.74 Å². The van der Waals surface area contributed by atoms with Crippen LogP contribution in [0, 0.1) is 0 Å². The highest BCUT2D eigenvalue weighted by molar-refractivity contribution is 7.98. The maximum atomic E-state index is 12.2. The van der Waals surface area contributed by atoms with Crippen molar-refractivity contribution in [3.05, 3.63) is 57.5 Å². The highest BCUT2D eigenvalue weighted by Crippen LogP contribution is 2.21. The van der Waals surface area contributed by atoms with E-state index in [-0.39, 0.29) is 6.54 Å². The van der Waals surface area contributed by atoms with Gasteiger partial charge in [-0.05, 0) is 29.8 Å². The predicted molar refractivity (Wildman–Crippen MR) is 90.3 cm³/mol.